The zero-order chi connectivity index (χ0) is 13.2. The second kappa shape index (κ2) is 5.31. The molecular weight excluding hydrogens is 238 g/mol. The maximum Gasteiger partial charge on any atom is 0.192 e. The number of nitrogens with one attached hydrogen (secondary N) is 1. The van der Waals surface area contributed by atoms with E-state index in [4.69, 9.17) is 4.42 Å². The van der Waals surface area contributed by atoms with E-state index < -0.39 is 0 Å². The molecule has 1 aliphatic rings. The summed E-state index contributed by atoms with van der Waals surface area (Å²) in [4.78, 5) is 6.92. The van der Waals surface area contributed by atoms with Gasteiger partial charge in [-0.3, -0.25) is 4.90 Å². The monoisotopic (exact) mass is 259 g/mol. The van der Waals surface area contributed by atoms with Crippen LogP contribution in [0.2, 0.25) is 0 Å². The number of aryl methyl sites for hydroxylation is 1. The van der Waals surface area contributed by atoms with Crippen molar-refractivity contribution in [1.29, 1.82) is 0 Å². The van der Waals surface area contributed by atoms with Crippen LogP contribution >= 0.6 is 0 Å². The number of rotatable bonds is 3. The highest BCUT2D eigenvalue weighted by Gasteiger charge is 2.21. The normalized spacial score (nSPS) is 18.8. The van der Waals surface area contributed by atoms with Gasteiger partial charge < -0.3 is 9.73 Å². The number of aromatic nitrogens is 1. The molecule has 3 rings (SSSR count). The van der Waals surface area contributed by atoms with Crippen molar-refractivity contribution >= 4 is 11.1 Å². The molecule has 0 radical (unpaired) electrons. The van der Waals surface area contributed by atoms with Gasteiger partial charge in [0.25, 0.3) is 0 Å². The van der Waals surface area contributed by atoms with Gasteiger partial charge in [-0.05, 0) is 24.1 Å². The highest BCUT2D eigenvalue weighted by atomic mass is 16.3. The molecule has 1 unspecified atom stereocenters. The summed E-state index contributed by atoms with van der Waals surface area (Å²) >= 11 is 0. The van der Waals surface area contributed by atoms with E-state index in [0.717, 1.165) is 49.6 Å². The second-order valence-electron chi connectivity index (χ2n) is 5.17. The van der Waals surface area contributed by atoms with Crippen molar-refractivity contribution in [3.63, 3.8) is 0 Å². The van der Waals surface area contributed by atoms with E-state index >= 15 is 0 Å². The van der Waals surface area contributed by atoms with Gasteiger partial charge in [0.1, 0.15) is 5.52 Å². The first kappa shape index (κ1) is 12.6. The van der Waals surface area contributed by atoms with E-state index in [1.165, 1.54) is 5.56 Å². The van der Waals surface area contributed by atoms with E-state index in [1.54, 1.807) is 0 Å². The van der Waals surface area contributed by atoms with Gasteiger partial charge in [-0.1, -0.05) is 13.0 Å². The van der Waals surface area contributed by atoms with E-state index in [-0.39, 0.29) is 0 Å². The Kier molecular flexibility index (Phi) is 3.53. The Balaban J connectivity index is 1.91. The maximum atomic E-state index is 5.65. The number of benzene rings is 1. The number of hydrogen-bond donors (Lipinski definition) is 1. The molecule has 4 nitrogen and oxygen atoms in total. The Morgan fingerprint density at radius 1 is 1.37 bits per heavy atom. The van der Waals surface area contributed by atoms with Crippen molar-refractivity contribution in [3.8, 4) is 0 Å². The summed E-state index contributed by atoms with van der Waals surface area (Å²) in [6.45, 7) is 8.55. The summed E-state index contributed by atoms with van der Waals surface area (Å²) in [5, 5.41) is 3.41. The van der Waals surface area contributed by atoms with Crippen molar-refractivity contribution in [1.82, 2.24) is 15.2 Å². The van der Waals surface area contributed by atoms with Gasteiger partial charge in [-0.25, -0.2) is 4.98 Å². The predicted molar refractivity (Wildman–Crippen MR) is 76.2 cm³/mol. The number of hydrogen-bond acceptors (Lipinski definition) is 4. The molecule has 102 valence electrons. The Hall–Kier alpha value is -1.39. The van der Waals surface area contributed by atoms with Gasteiger partial charge in [-0.2, -0.15) is 0 Å². The number of nitrogens with zero attached hydrogens (tertiary/aromatic N) is 2. The number of fused-ring (bicyclic) bond motifs is 1. The van der Waals surface area contributed by atoms with Crippen LogP contribution in [0, 0.1) is 6.92 Å². The standard InChI is InChI=1S/C15H21N3O/c1-3-14(18-8-6-16-7-9-18)12-4-5-13-15(10-12)19-11(2)17-13/h4-5,10,14,16H,3,6-9H2,1-2H3. The van der Waals surface area contributed by atoms with Crippen LogP contribution in [0.15, 0.2) is 22.6 Å². The van der Waals surface area contributed by atoms with Gasteiger partial charge in [0, 0.05) is 39.1 Å². The molecule has 0 aliphatic carbocycles. The van der Waals surface area contributed by atoms with Crippen LogP contribution in [-0.2, 0) is 0 Å². The lowest BCUT2D eigenvalue weighted by atomic mass is 10.0. The third-order valence-electron chi connectivity index (χ3n) is 3.88. The molecular formula is C15H21N3O. The Labute approximate surface area is 113 Å². The third-order valence-corrected chi connectivity index (χ3v) is 3.88. The van der Waals surface area contributed by atoms with Gasteiger partial charge in [0.05, 0.1) is 0 Å². The van der Waals surface area contributed by atoms with E-state index in [2.05, 4.69) is 40.3 Å². The van der Waals surface area contributed by atoms with E-state index in [9.17, 15) is 0 Å². The largest absolute Gasteiger partial charge is 0.441 e. The summed E-state index contributed by atoms with van der Waals surface area (Å²) in [5.74, 6) is 0.738. The molecule has 19 heavy (non-hydrogen) atoms. The zero-order valence-corrected chi connectivity index (χ0v) is 11.6. The molecule has 2 aromatic rings. The molecule has 1 aromatic heterocycles. The summed E-state index contributed by atoms with van der Waals surface area (Å²) in [6.07, 6.45) is 1.12. The van der Waals surface area contributed by atoms with Crippen LogP contribution in [-0.4, -0.2) is 36.1 Å². The number of piperazine rings is 1. The van der Waals surface area contributed by atoms with Crippen LogP contribution < -0.4 is 5.32 Å². The first-order chi connectivity index (χ1) is 9.28. The summed E-state index contributed by atoms with van der Waals surface area (Å²) in [6, 6.07) is 6.91. The molecule has 1 aromatic carbocycles. The van der Waals surface area contributed by atoms with Crippen LogP contribution in [0.1, 0.15) is 30.8 Å². The van der Waals surface area contributed by atoms with Gasteiger partial charge in [-0.15, -0.1) is 0 Å². The summed E-state index contributed by atoms with van der Waals surface area (Å²) in [5.41, 5.74) is 3.20. The lowest BCUT2D eigenvalue weighted by Crippen LogP contribution is -2.45. The minimum atomic E-state index is 0.483. The molecule has 1 fully saturated rings. The molecule has 2 heterocycles. The minimum absolute atomic E-state index is 0.483. The first-order valence-electron chi connectivity index (χ1n) is 7.10. The topological polar surface area (TPSA) is 41.3 Å². The Morgan fingerprint density at radius 2 is 2.16 bits per heavy atom. The molecule has 1 N–H and O–H groups in total. The Morgan fingerprint density at radius 3 is 2.89 bits per heavy atom. The fourth-order valence-electron chi connectivity index (χ4n) is 2.96. The fraction of sp³-hybridized carbons (Fsp3) is 0.533. The van der Waals surface area contributed by atoms with Gasteiger partial charge in [0.15, 0.2) is 11.5 Å². The van der Waals surface area contributed by atoms with Crippen LogP contribution in [0.25, 0.3) is 11.1 Å². The first-order valence-corrected chi connectivity index (χ1v) is 7.10. The highest BCUT2D eigenvalue weighted by Crippen LogP contribution is 2.27. The SMILES string of the molecule is CCC(c1ccc2nc(C)oc2c1)N1CCNCC1. The van der Waals surface area contributed by atoms with Crippen molar-refractivity contribution in [2.75, 3.05) is 26.2 Å². The van der Waals surface area contributed by atoms with Crippen molar-refractivity contribution in [2.24, 2.45) is 0 Å². The zero-order valence-electron chi connectivity index (χ0n) is 11.6. The summed E-state index contributed by atoms with van der Waals surface area (Å²) < 4.78 is 5.65. The fourth-order valence-corrected chi connectivity index (χ4v) is 2.96. The molecule has 1 aliphatic heterocycles. The lowest BCUT2D eigenvalue weighted by molar-refractivity contribution is 0.169. The molecule has 0 amide bonds. The van der Waals surface area contributed by atoms with Crippen molar-refractivity contribution < 1.29 is 4.42 Å². The molecule has 1 atom stereocenters. The molecule has 0 saturated carbocycles. The van der Waals surface area contributed by atoms with E-state index in [0.29, 0.717) is 6.04 Å². The van der Waals surface area contributed by atoms with Crippen molar-refractivity contribution in [2.45, 2.75) is 26.3 Å². The smallest absolute Gasteiger partial charge is 0.192 e. The second-order valence-corrected chi connectivity index (χ2v) is 5.17. The average molecular weight is 259 g/mol. The maximum absolute atomic E-state index is 5.65. The molecule has 1 saturated heterocycles. The number of oxazole rings is 1. The Bertz CT molecular complexity index is 558. The van der Waals surface area contributed by atoms with Crippen molar-refractivity contribution in [3.05, 3.63) is 29.7 Å². The predicted octanol–water partition coefficient (Wildman–Crippen LogP) is 2.49. The lowest BCUT2D eigenvalue weighted by Gasteiger charge is -2.34. The van der Waals surface area contributed by atoms with E-state index in [1.807, 2.05) is 6.92 Å². The third kappa shape index (κ3) is 2.51. The van der Waals surface area contributed by atoms with Gasteiger partial charge in [0.2, 0.25) is 0 Å². The minimum Gasteiger partial charge on any atom is -0.441 e. The summed E-state index contributed by atoms with van der Waals surface area (Å²) in [7, 11) is 0. The quantitative estimate of drug-likeness (QED) is 0.919. The van der Waals surface area contributed by atoms with Crippen LogP contribution in [0.3, 0.4) is 0 Å². The highest BCUT2D eigenvalue weighted by molar-refractivity contribution is 5.73. The molecule has 0 bridgehead atoms. The van der Waals surface area contributed by atoms with Crippen LogP contribution in [0.4, 0.5) is 0 Å². The molecule has 0 spiro atoms. The van der Waals surface area contributed by atoms with Crippen LogP contribution in [0.5, 0.6) is 0 Å². The van der Waals surface area contributed by atoms with Gasteiger partial charge >= 0.3 is 0 Å². The molecule has 4 heteroatoms. The average Bonchev–Trinajstić information content (AvgIpc) is 2.80.